The molecular weight excluding hydrogens is 813 g/mol. The third-order valence-electron chi connectivity index (χ3n) is 9.46. The fourth-order valence-electron chi connectivity index (χ4n) is 7.07. The first-order valence-corrected chi connectivity index (χ1v) is 21.8. The minimum absolute atomic E-state index is 0.0789. The highest BCUT2D eigenvalue weighted by Gasteiger charge is 2.45. The molecule has 288 valence electrons. The summed E-state index contributed by atoms with van der Waals surface area (Å²) < 4.78 is 126. The smallest absolute Gasteiger partial charge is 0.323 e. The van der Waals surface area contributed by atoms with Crippen LogP contribution >= 0.6 is 0 Å². The molecule has 21 heteroatoms. The van der Waals surface area contributed by atoms with Gasteiger partial charge in [0.05, 0.1) is 32.5 Å². The Morgan fingerprint density at radius 3 is 1.29 bits per heavy atom. The first-order valence-electron chi connectivity index (χ1n) is 16.0. The number of nitrogens with zero attached hydrogens (tertiary/aromatic N) is 2. The van der Waals surface area contributed by atoms with E-state index in [9.17, 15) is 57.8 Å². The van der Waals surface area contributed by atoms with Crippen molar-refractivity contribution in [3.8, 4) is 11.5 Å². The summed E-state index contributed by atoms with van der Waals surface area (Å²) in [4.78, 5) is 12.0. The van der Waals surface area contributed by atoms with Crippen LogP contribution in [-0.4, -0.2) is 59.0 Å². The molecule has 2 amide bonds. The predicted octanol–water partition coefficient (Wildman–Crippen LogP) is 5.84. The van der Waals surface area contributed by atoms with Gasteiger partial charge in [0.25, 0.3) is 40.3 Å². The molecule has 0 aliphatic carbocycles. The van der Waals surface area contributed by atoms with Crippen LogP contribution < -0.4 is 19.2 Å². The van der Waals surface area contributed by atoms with Crippen molar-refractivity contribution in [1.82, 2.24) is 0 Å². The largest absolute Gasteiger partial charge is 0.506 e. The Kier molecular flexibility index (Phi) is 7.93. The SMILES string of the molecule is Cc1ccc2c(NC(=O)Nc3c4ccc(C)c3S(=O)(=O)N4c3c(O)ccc4ccc(S(=O)(=O)O)cc34)c1S(=O)(=O)N2c1c(O)ccc2ccc(S(=O)(=O)O)cc12. The Labute approximate surface area is 318 Å². The standard InChI is InChI=1S/C35H26N4O13S4/c1-17-3-11-25-29(33(17)53(43,44)38(25)31-23-15-21(55(47,48)49)9-5-19(23)7-13-27(31)40)36-35(42)37-30-26-12-4-18(2)34(30)54(45,46)39(26)32-24-16-22(56(50,51)52)10-6-20(24)8-14-28(32)41/h3-16,40-41H,1-2H3,(H2,36,37,42)(H,47,48,49)(H,50,51,52). The van der Waals surface area contributed by atoms with Crippen molar-refractivity contribution >= 4 is 102 Å². The zero-order valence-corrected chi connectivity index (χ0v) is 31.8. The summed E-state index contributed by atoms with van der Waals surface area (Å²) >= 11 is 0. The molecule has 2 heterocycles. The van der Waals surface area contributed by atoms with E-state index in [0.29, 0.717) is 19.4 Å². The van der Waals surface area contributed by atoms with Gasteiger partial charge in [-0.05, 0) is 84.3 Å². The Morgan fingerprint density at radius 1 is 0.571 bits per heavy atom. The number of rotatable bonds is 6. The molecule has 0 atom stereocenters. The highest BCUT2D eigenvalue weighted by atomic mass is 32.2. The van der Waals surface area contributed by atoms with Gasteiger partial charge in [0.15, 0.2) is 0 Å². The maximum atomic E-state index is 14.3. The second-order valence-corrected chi connectivity index (χ2v) is 19.2. The molecule has 4 bridgehead atoms. The van der Waals surface area contributed by atoms with Gasteiger partial charge in [0.1, 0.15) is 32.7 Å². The fourth-order valence-corrected chi connectivity index (χ4v) is 11.9. The van der Waals surface area contributed by atoms with E-state index in [1.165, 1.54) is 74.5 Å². The number of aryl methyl sites for hydroxylation is 2. The van der Waals surface area contributed by atoms with Gasteiger partial charge in [-0.15, -0.1) is 0 Å². The Bertz CT molecular complexity index is 3050. The van der Waals surface area contributed by atoms with Crippen molar-refractivity contribution in [3.05, 3.63) is 96.1 Å². The molecule has 2 aliphatic heterocycles. The molecule has 6 N–H and O–H groups in total. The molecule has 0 spiro atoms. The minimum atomic E-state index is -4.76. The number of phenols is 2. The van der Waals surface area contributed by atoms with E-state index < -0.39 is 77.4 Å². The maximum absolute atomic E-state index is 14.3. The normalized spacial score (nSPS) is 15.4. The number of amides is 2. The third kappa shape index (κ3) is 5.42. The summed E-state index contributed by atoms with van der Waals surface area (Å²) in [6.07, 6.45) is 0. The zero-order valence-electron chi connectivity index (χ0n) is 28.6. The molecule has 0 aromatic heterocycles. The number of urea groups is 1. The number of nitrogens with one attached hydrogen (secondary N) is 2. The Hall–Kier alpha value is -5.97. The van der Waals surface area contributed by atoms with Crippen LogP contribution in [-0.2, 0) is 40.3 Å². The summed E-state index contributed by atoms with van der Waals surface area (Å²) in [5.41, 5.74) is -1.34. The maximum Gasteiger partial charge on any atom is 0.323 e. The Morgan fingerprint density at radius 2 is 0.929 bits per heavy atom. The van der Waals surface area contributed by atoms with Crippen LogP contribution in [0.3, 0.4) is 0 Å². The summed E-state index contributed by atoms with van der Waals surface area (Å²) in [6, 6.07) is 16.4. The van der Waals surface area contributed by atoms with Crippen LogP contribution in [0.25, 0.3) is 21.5 Å². The van der Waals surface area contributed by atoms with E-state index >= 15 is 0 Å². The van der Waals surface area contributed by atoms with Gasteiger partial charge >= 0.3 is 6.03 Å². The van der Waals surface area contributed by atoms with Crippen LogP contribution in [0.5, 0.6) is 11.5 Å². The Balaban J connectivity index is 1.24. The topological polar surface area (TPSA) is 265 Å². The van der Waals surface area contributed by atoms with E-state index in [-0.39, 0.29) is 56.0 Å². The summed E-state index contributed by atoms with van der Waals surface area (Å²) in [5.74, 6) is -1.18. The van der Waals surface area contributed by atoms with E-state index in [4.69, 9.17) is 0 Å². The van der Waals surface area contributed by atoms with Crippen LogP contribution in [0.2, 0.25) is 0 Å². The van der Waals surface area contributed by atoms with Crippen LogP contribution in [0.15, 0.2) is 105 Å². The average Bonchev–Trinajstić information content (AvgIpc) is 3.35. The van der Waals surface area contributed by atoms with E-state index in [1.54, 1.807) is 0 Å². The number of hydrogen-bond donors (Lipinski definition) is 6. The molecule has 6 aromatic rings. The fraction of sp³-hybridized carbons (Fsp3) is 0.0571. The van der Waals surface area contributed by atoms with Gasteiger partial charge in [0, 0.05) is 10.8 Å². The molecule has 2 aliphatic rings. The van der Waals surface area contributed by atoms with Crippen molar-refractivity contribution in [2.24, 2.45) is 0 Å². The predicted molar refractivity (Wildman–Crippen MR) is 205 cm³/mol. The van der Waals surface area contributed by atoms with Crippen molar-refractivity contribution in [2.45, 2.75) is 33.4 Å². The molecular formula is C35H26N4O13S4. The van der Waals surface area contributed by atoms with Crippen molar-refractivity contribution in [3.63, 3.8) is 0 Å². The molecule has 0 saturated carbocycles. The highest BCUT2D eigenvalue weighted by molar-refractivity contribution is 7.94. The van der Waals surface area contributed by atoms with Crippen molar-refractivity contribution in [1.29, 1.82) is 0 Å². The van der Waals surface area contributed by atoms with Gasteiger partial charge in [-0.25, -0.2) is 30.2 Å². The number of sulfonamides is 2. The number of carbonyl (C=O) groups excluding carboxylic acids is 1. The monoisotopic (exact) mass is 838 g/mol. The van der Waals surface area contributed by atoms with E-state index in [0.717, 1.165) is 24.3 Å². The number of phenolic OH excluding ortho intramolecular Hbond substituents is 2. The second-order valence-electron chi connectivity index (χ2n) is 12.9. The number of benzene rings is 6. The molecule has 8 rings (SSSR count). The van der Waals surface area contributed by atoms with Crippen LogP contribution in [0.4, 0.5) is 38.9 Å². The molecule has 56 heavy (non-hydrogen) atoms. The van der Waals surface area contributed by atoms with Crippen LogP contribution in [0, 0.1) is 13.8 Å². The lowest BCUT2D eigenvalue weighted by Gasteiger charge is -2.22. The van der Waals surface area contributed by atoms with Crippen molar-refractivity contribution in [2.75, 3.05) is 19.2 Å². The molecule has 0 radical (unpaired) electrons. The van der Waals surface area contributed by atoms with Gasteiger partial charge < -0.3 is 20.8 Å². The lowest BCUT2D eigenvalue weighted by atomic mass is 10.1. The summed E-state index contributed by atoms with van der Waals surface area (Å²) in [6.45, 7) is 2.89. The van der Waals surface area contributed by atoms with Gasteiger partial charge in [-0.3, -0.25) is 9.11 Å². The minimum Gasteiger partial charge on any atom is -0.506 e. The van der Waals surface area contributed by atoms with Gasteiger partial charge in [0.2, 0.25) is 0 Å². The second kappa shape index (κ2) is 12.0. The lowest BCUT2D eigenvalue weighted by Crippen LogP contribution is -2.22. The quantitative estimate of drug-likeness (QED) is 0.108. The summed E-state index contributed by atoms with van der Waals surface area (Å²) in [5, 5.41) is 27.5. The van der Waals surface area contributed by atoms with Gasteiger partial charge in [-0.1, -0.05) is 36.4 Å². The number of aromatic hydroxyl groups is 2. The van der Waals surface area contributed by atoms with Gasteiger partial charge in [-0.2, -0.15) is 16.8 Å². The number of hydrogen-bond acceptors (Lipinski definition) is 11. The lowest BCUT2D eigenvalue weighted by molar-refractivity contribution is 0.262. The molecule has 0 fully saturated rings. The molecule has 0 saturated heterocycles. The van der Waals surface area contributed by atoms with E-state index in [1.807, 2.05) is 0 Å². The average molecular weight is 839 g/mol. The van der Waals surface area contributed by atoms with Crippen LogP contribution in [0.1, 0.15) is 11.1 Å². The number of carbonyl (C=O) groups is 1. The molecule has 17 nitrogen and oxygen atoms in total. The first kappa shape index (κ1) is 37.0. The number of anilines is 6. The summed E-state index contributed by atoms with van der Waals surface area (Å²) in [7, 11) is -18.8. The third-order valence-corrected chi connectivity index (χ3v) is 15.0. The zero-order chi connectivity index (χ0) is 40.4. The van der Waals surface area contributed by atoms with Crippen molar-refractivity contribution < 1.29 is 57.8 Å². The molecule has 0 unspecified atom stereocenters. The number of fused-ring (bicyclic) bond motifs is 6. The highest BCUT2D eigenvalue weighted by Crippen LogP contribution is 2.55. The first-order chi connectivity index (χ1) is 26.1. The van der Waals surface area contributed by atoms with E-state index in [2.05, 4.69) is 10.6 Å². The molecule has 6 aromatic carbocycles.